The van der Waals surface area contributed by atoms with Gasteiger partial charge in [-0.1, -0.05) is 15.9 Å². The van der Waals surface area contributed by atoms with Crippen molar-refractivity contribution in [3.05, 3.63) is 17.5 Å². The number of rotatable bonds is 5. The van der Waals surface area contributed by atoms with Crippen LogP contribution in [0, 0.1) is 13.8 Å². The molecule has 0 radical (unpaired) electrons. The lowest BCUT2D eigenvalue weighted by molar-refractivity contribution is -0.116. The third-order valence-electron chi connectivity index (χ3n) is 2.02. The number of aryl methyl sites for hydroxylation is 2. The lowest BCUT2D eigenvalue weighted by atomic mass is 10.2. The lowest BCUT2D eigenvalue weighted by Gasteiger charge is -2.04. The molecule has 0 aliphatic heterocycles. The molecule has 0 unspecified atom stereocenters. The molecule has 0 aliphatic rings. The second kappa shape index (κ2) is 6.58. The van der Waals surface area contributed by atoms with E-state index in [1.807, 2.05) is 19.9 Å². The second-order valence-electron chi connectivity index (χ2n) is 3.67. The zero-order chi connectivity index (χ0) is 12.0. The molecular weight excluding hydrogens is 270 g/mol. The van der Waals surface area contributed by atoms with Gasteiger partial charge < -0.3 is 0 Å². The predicted molar refractivity (Wildman–Crippen MR) is 67.8 cm³/mol. The Morgan fingerprint density at radius 1 is 1.31 bits per heavy atom. The number of nitrogens with zero attached hydrogens (tertiary/aromatic N) is 2. The minimum absolute atomic E-state index is 0.0223. The van der Waals surface area contributed by atoms with Gasteiger partial charge in [0.05, 0.1) is 0 Å². The summed E-state index contributed by atoms with van der Waals surface area (Å²) in [5, 5.41) is 3.64. The molecule has 1 rings (SSSR count). The third-order valence-corrected chi connectivity index (χ3v) is 2.58. The van der Waals surface area contributed by atoms with E-state index in [0.29, 0.717) is 12.4 Å². The number of unbranched alkanes of at least 4 members (excludes halogenated alkanes) is 1. The van der Waals surface area contributed by atoms with Crippen LogP contribution in [-0.2, 0) is 4.79 Å². The van der Waals surface area contributed by atoms with E-state index >= 15 is 0 Å². The Morgan fingerprint density at radius 2 is 1.94 bits per heavy atom. The van der Waals surface area contributed by atoms with Crippen LogP contribution >= 0.6 is 15.9 Å². The average molecular weight is 286 g/mol. The number of hydrogen-bond donors (Lipinski definition) is 1. The van der Waals surface area contributed by atoms with E-state index in [1.54, 1.807) is 0 Å². The van der Waals surface area contributed by atoms with Gasteiger partial charge in [0.2, 0.25) is 11.9 Å². The van der Waals surface area contributed by atoms with E-state index in [0.717, 1.165) is 29.6 Å². The highest BCUT2D eigenvalue weighted by Gasteiger charge is 2.05. The Morgan fingerprint density at radius 3 is 2.50 bits per heavy atom. The summed E-state index contributed by atoms with van der Waals surface area (Å²) in [5.41, 5.74) is 1.73. The first-order valence-electron chi connectivity index (χ1n) is 5.30. The van der Waals surface area contributed by atoms with Crippen LogP contribution in [0.5, 0.6) is 0 Å². The fraction of sp³-hybridized carbons (Fsp3) is 0.545. The molecule has 0 fully saturated rings. The van der Waals surface area contributed by atoms with Gasteiger partial charge in [-0.25, -0.2) is 9.97 Å². The summed E-state index contributed by atoms with van der Waals surface area (Å²) >= 11 is 3.33. The number of nitrogens with one attached hydrogen (secondary N) is 1. The zero-order valence-electron chi connectivity index (χ0n) is 9.59. The molecule has 1 amide bonds. The molecule has 0 aliphatic carbocycles. The molecule has 0 spiro atoms. The third kappa shape index (κ3) is 4.70. The van der Waals surface area contributed by atoms with Crippen molar-refractivity contribution in [3.63, 3.8) is 0 Å². The summed E-state index contributed by atoms with van der Waals surface area (Å²) in [6.07, 6.45) is 2.39. The summed E-state index contributed by atoms with van der Waals surface area (Å²) < 4.78 is 0. The van der Waals surface area contributed by atoms with Gasteiger partial charge in [0, 0.05) is 23.1 Å². The quantitative estimate of drug-likeness (QED) is 0.668. The fourth-order valence-corrected chi connectivity index (χ4v) is 1.75. The van der Waals surface area contributed by atoms with Crippen LogP contribution in [0.4, 0.5) is 5.95 Å². The normalized spacial score (nSPS) is 10.2. The van der Waals surface area contributed by atoms with Gasteiger partial charge in [-0.2, -0.15) is 0 Å². The number of amides is 1. The van der Waals surface area contributed by atoms with Crippen molar-refractivity contribution in [2.24, 2.45) is 0 Å². The number of hydrogen-bond acceptors (Lipinski definition) is 3. The van der Waals surface area contributed by atoms with Crippen LogP contribution in [0.2, 0.25) is 0 Å². The molecule has 0 saturated heterocycles. The van der Waals surface area contributed by atoms with Gasteiger partial charge in [-0.15, -0.1) is 0 Å². The number of carbonyl (C=O) groups is 1. The van der Waals surface area contributed by atoms with Crippen molar-refractivity contribution in [1.29, 1.82) is 0 Å². The first kappa shape index (κ1) is 13.1. The lowest BCUT2D eigenvalue weighted by Crippen LogP contribution is -2.14. The number of carbonyl (C=O) groups excluding carboxylic acids is 1. The number of anilines is 1. The largest absolute Gasteiger partial charge is 0.295 e. The molecule has 1 aromatic heterocycles. The molecule has 1 aromatic rings. The Labute approximate surface area is 104 Å². The molecule has 1 heterocycles. The Bertz CT molecular complexity index is 348. The maximum atomic E-state index is 11.5. The monoisotopic (exact) mass is 285 g/mol. The molecule has 88 valence electrons. The standard InChI is InChI=1S/C11H16BrN3O/c1-8-7-9(2)14-11(13-8)15-10(16)5-3-4-6-12/h7H,3-6H2,1-2H3,(H,13,14,15,16). The van der Waals surface area contributed by atoms with E-state index < -0.39 is 0 Å². The van der Waals surface area contributed by atoms with Crippen LogP contribution < -0.4 is 5.32 Å². The highest BCUT2D eigenvalue weighted by atomic mass is 79.9. The smallest absolute Gasteiger partial charge is 0.229 e. The summed E-state index contributed by atoms with van der Waals surface area (Å²) in [6.45, 7) is 3.77. The summed E-state index contributed by atoms with van der Waals surface area (Å²) in [5.74, 6) is 0.382. The topological polar surface area (TPSA) is 54.9 Å². The van der Waals surface area contributed by atoms with Crippen molar-refractivity contribution in [1.82, 2.24) is 9.97 Å². The van der Waals surface area contributed by atoms with E-state index in [4.69, 9.17) is 0 Å². The van der Waals surface area contributed by atoms with Crippen LogP contribution in [-0.4, -0.2) is 21.2 Å². The highest BCUT2D eigenvalue weighted by molar-refractivity contribution is 9.09. The molecule has 0 saturated carbocycles. The molecule has 0 bridgehead atoms. The number of alkyl halides is 1. The Balaban J connectivity index is 2.49. The minimum Gasteiger partial charge on any atom is -0.295 e. The summed E-state index contributed by atoms with van der Waals surface area (Å²) in [4.78, 5) is 19.8. The summed E-state index contributed by atoms with van der Waals surface area (Å²) in [7, 11) is 0. The first-order chi connectivity index (χ1) is 7.61. The minimum atomic E-state index is -0.0223. The van der Waals surface area contributed by atoms with Crippen molar-refractivity contribution in [2.45, 2.75) is 33.1 Å². The van der Waals surface area contributed by atoms with Crippen molar-refractivity contribution >= 4 is 27.8 Å². The number of aromatic nitrogens is 2. The SMILES string of the molecule is Cc1cc(C)nc(NC(=O)CCCCBr)n1. The van der Waals surface area contributed by atoms with E-state index in [1.165, 1.54) is 0 Å². The van der Waals surface area contributed by atoms with Gasteiger partial charge in [-0.05, 0) is 32.8 Å². The maximum absolute atomic E-state index is 11.5. The zero-order valence-corrected chi connectivity index (χ0v) is 11.2. The van der Waals surface area contributed by atoms with Crippen molar-refractivity contribution in [2.75, 3.05) is 10.6 Å². The van der Waals surface area contributed by atoms with Gasteiger partial charge in [0.15, 0.2) is 0 Å². The van der Waals surface area contributed by atoms with Crippen LogP contribution in [0.3, 0.4) is 0 Å². The average Bonchev–Trinajstić information content (AvgIpc) is 2.16. The second-order valence-corrected chi connectivity index (χ2v) is 4.46. The van der Waals surface area contributed by atoms with Crippen LogP contribution in [0.15, 0.2) is 6.07 Å². The van der Waals surface area contributed by atoms with E-state index in [-0.39, 0.29) is 5.91 Å². The van der Waals surface area contributed by atoms with Crippen LogP contribution in [0.25, 0.3) is 0 Å². The maximum Gasteiger partial charge on any atom is 0.229 e. The van der Waals surface area contributed by atoms with Gasteiger partial charge in [0.1, 0.15) is 0 Å². The van der Waals surface area contributed by atoms with Crippen molar-refractivity contribution < 1.29 is 4.79 Å². The molecule has 4 nitrogen and oxygen atoms in total. The highest BCUT2D eigenvalue weighted by Crippen LogP contribution is 2.05. The molecule has 0 atom stereocenters. The predicted octanol–water partition coefficient (Wildman–Crippen LogP) is 2.60. The van der Waals surface area contributed by atoms with Gasteiger partial charge >= 0.3 is 0 Å². The Hall–Kier alpha value is -0.970. The molecule has 0 aromatic carbocycles. The van der Waals surface area contributed by atoms with E-state index in [9.17, 15) is 4.79 Å². The molecule has 16 heavy (non-hydrogen) atoms. The summed E-state index contributed by atoms with van der Waals surface area (Å²) in [6, 6.07) is 1.88. The van der Waals surface area contributed by atoms with Crippen LogP contribution in [0.1, 0.15) is 30.7 Å². The molecular formula is C11H16BrN3O. The first-order valence-corrected chi connectivity index (χ1v) is 6.42. The fourth-order valence-electron chi connectivity index (χ4n) is 1.35. The number of halogens is 1. The molecule has 1 N–H and O–H groups in total. The van der Waals surface area contributed by atoms with Gasteiger partial charge in [-0.3, -0.25) is 10.1 Å². The van der Waals surface area contributed by atoms with Crippen molar-refractivity contribution in [3.8, 4) is 0 Å². The van der Waals surface area contributed by atoms with Gasteiger partial charge in [0.25, 0.3) is 0 Å². The van der Waals surface area contributed by atoms with E-state index in [2.05, 4.69) is 31.2 Å². The Kier molecular flexibility index (Phi) is 5.38. The molecule has 5 heteroatoms.